The average Bonchev–Trinajstić information content (AvgIpc) is 2.36. The first-order chi connectivity index (χ1) is 8.15. The molecule has 0 aliphatic heterocycles. The van der Waals surface area contributed by atoms with Gasteiger partial charge in [0, 0.05) is 19.8 Å². The maximum absolute atomic E-state index is 11.8. The molecule has 1 rings (SSSR count). The summed E-state index contributed by atoms with van der Waals surface area (Å²) in [6.45, 7) is 2.63. The van der Waals surface area contributed by atoms with Gasteiger partial charge in [0.05, 0.1) is 6.04 Å². The van der Waals surface area contributed by atoms with E-state index in [4.69, 9.17) is 10.5 Å². The van der Waals surface area contributed by atoms with Gasteiger partial charge in [-0.15, -0.1) is 0 Å². The first-order valence-electron chi connectivity index (χ1n) is 6.70. The van der Waals surface area contributed by atoms with E-state index in [1.54, 1.807) is 7.11 Å². The summed E-state index contributed by atoms with van der Waals surface area (Å²) >= 11 is 0. The molecule has 0 aromatic rings. The van der Waals surface area contributed by atoms with Crippen LogP contribution in [0.25, 0.3) is 0 Å². The number of carbonyl (C=O) groups excluding carboxylic acids is 1. The van der Waals surface area contributed by atoms with Crippen LogP contribution in [0.1, 0.15) is 45.4 Å². The van der Waals surface area contributed by atoms with Crippen molar-refractivity contribution < 1.29 is 9.53 Å². The van der Waals surface area contributed by atoms with Crippen molar-refractivity contribution in [3.63, 3.8) is 0 Å². The largest absolute Gasteiger partial charge is 0.385 e. The fourth-order valence-electron chi connectivity index (χ4n) is 2.46. The number of amides is 1. The quantitative estimate of drug-likeness (QED) is 0.740. The normalized spacial score (nSPS) is 20.9. The fourth-order valence-corrected chi connectivity index (χ4v) is 2.46. The van der Waals surface area contributed by atoms with E-state index in [2.05, 4.69) is 12.2 Å². The van der Waals surface area contributed by atoms with Gasteiger partial charge < -0.3 is 15.8 Å². The number of nitrogens with one attached hydrogen (secondary N) is 1. The highest BCUT2D eigenvalue weighted by atomic mass is 16.5. The molecule has 0 aromatic heterocycles. The number of ether oxygens (including phenoxy) is 1. The lowest BCUT2D eigenvalue weighted by molar-refractivity contribution is -0.123. The summed E-state index contributed by atoms with van der Waals surface area (Å²) in [4.78, 5) is 11.8. The zero-order valence-corrected chi connectivity index (χ0v) is 11.1. The fraction of sp³-hybridized carbons (Fsp3) is 0.923. The summed E-state index contributed by atoms with van der Waals surface area (Å²) in [5, 5.41) is 3.04. The first-order valence-corrected chi connectivity index (χ1v) is 6.70. The highest BCUT2D eigenvalue weighted by molar-refractivity contribution is 5.81. The third kappa shape index (κ3) is 5.04. The van der Waals surface area contributed by atoms with Gasteiger partial charge in [0.15, 0.2) is 0 Å². The third-order valence-electron chi connectivity index (χ3n) is 3.70. The van der Waals surface area contributed by atoms with Crippen LogP contribution in [-0.2, 0) is 9.53 Å². The minimum absolute atomic E-state index is 0.0416. The molecule has 3 N–H and O–H groups in total. The molecule has 0 aromatic carbocycles. The van der Waals surface area contributed by atoms with Crippen molar-refractivity contribution in [3.05, 3.63) is 0 Å². The van der Waals surface area contributed by atoms with Crippen molar-refractivity contribution in [2.24, 2.45) is 11.7 Å². The molecule has 1 unspecified atom stereocenters. The van der Waals surface area contributed by atoms with Crippen molar-refractivity contribution in [1.82, 2.24) is 5.32 Å². The van der Waals surface area contributed by atoms with Gasteiger partial charge in [-0.3, -0.25) is 4.79 Å². The lowest BCUT2D eigenvalue weighted by Crippen LogP contribution is -2.47. The number of carbonyl (C=O) groups is 1. The molecule has 1 fully saturated rings. The molecule has 1 amide bonds. The van der Waals surface area contributed by atoms with Crippen molar-refractivity contribution in [2.45, 2.75) is 57.5 Å². The Labute approximate surface area is 104 Å². The molecule has 4 nitrogen and oxygen atoms in total. The predicted molar refractivity (Wildman–Crippen MR) is 68.6 cm³/mol. The number of nitrogens with two attached hydrogens (primary N) is 1. The smallest absolute Gasteiger partial charge is 0.237 e. The molecule has 1 aliphatic carbocycles. The molecule has 0 heterocycles. The number of methoxy groups -OCH3 is 1. The van der Waals surface area contributed by atoms with E-state index in [0.717, 1.165) is 0 Å². The number of rotatable bonds is 6. The summed E-state index contributed by atoms with van der Waals surface area (Å²) in [5.74, 6) is 0.586. The van der Waals surface area contributed by atoms with E-state index in [0.29, 0.717) is 18.9 Å². The molecule has 0 spiro atoms. The van der Waals surface area contributed by atoms with Crippen LogP contribution in [0.2, 0.25) is 0 Å². The first kappa shape index (κ1) is 14.5. The van der Waals surface area contributed by atoms with E-state index >= 15 is 0 Å². The molecular formula is C13H26N2O2. The third-order valence-corrected chi connectivity index (χ3v) is 3.70. The summed E-state index contributed by atoms with van der Waals surface area (Å²) in [5.41, 5.74) is 5.79. The van der Waals surface area contributed by atoms with E-state index in [-0.39, 0.29) is 11.9 Å². The highest BCUT2D eigenvalue weighted by Crippen LogP contribution is 2.26. The Morgan fingerprint density at radius 2 is 2.06 bits per heavy atom. The molecule has 4 heteroatoms. The van der Waals surface area contributed by atoms with Crippen molar-refractivity contribution in [1.29, 1.82) is 0 Å². The van der Waals surface area contributed by atoms with E-state index in [9.17, 15) is 4.79 Å². The van der Waals surface area contributed by atoms with Crippen molar-refractivity contribution >= 4 is 5.91 Å². The van der Waals surface area contributed by atoms with Crippen LogP contribution in [0, 0.1) is 5.92 Å². The molecule has 100 valence electrons. The van der Waals surface area contributed by atoms with E-state index in [1.165, 1.54) is 32.1 Å². The second-order valence-corrected chi connectivity index (χ2v) is 5.08. The Balaban J connectivity index is 2.28. The van der Waals surface area contributed by atoms with Gasteiger partial charge in [-0.1, -0.05) is 19.3 Å². The molecule has 0 saturated heterocycles. The standard InChI is InChI=1S/C13H26N2O2/c1-10(11-6-4-3-5-7-11)15-13(16)12(14)8-9-17-2/h10-12H,3-9,14H2,1-2H3,(H,15,16)/t10-,12?/m0/s1. The molecule has 1 saturated carbocycles. The predicted octanol–water partition coefficient (Wildman–Crippen LogP) is 1.44. The van der Waals surface area contributed by atoms with Crippen LogP contribution in [0.3, 0.4) is 0 Å². The maximum atomic E-state index is 11.8. The zero-order valence-electron chi connectivity index (χ0n) is 11.1. The van der Waals surface area contributed by atoms with Crippen LogP contribution < -0.4 is 11.1 Å². The van der Waals surface area contributed by atoms with Gasteiger partial charge >= 0.3 is 0 Å². The Morgan fingerprint density at radius 1 is 1.41 bits per heavy atom. The minimum atomic E-state index is -0.444. The van der Waals surface area contributed by atoms with E-state index in [1.807, 2.05) is 0 Å². The lowest BCUT2D eigenvalue weighted by Gasteiger charge is -2.29. The second-order valence-electron chi connectivity index (χ2n) is 5.08. The SMILES string of the molecule is COCCC(N)C(=O)N[C@@H](C)C1CCCCC1. The average molecular weight is 242 g/mol. The summed E-state index contributed by atoms with van der Waals surface area (Å²) < 4.78 is 4.92. The summed E-state index contributed by atoms with van der Waals surface area (Å²) in [7, 11) is 1.62. The Kier molecular flexibility index (Phi) is 6.52. The number of hydrogen-bond acceptors (Lipinski definition) is 3. The molecular weight excluding hydrogens is 216 g/mol. The Bertz CT molecular complexity index is 227. The van der Waals surface area contributed by atoms with Crippen molar-refractivity contribution in [3.8, 4) is 0 Å². The van der Waals surface area contributed by atoms with Gasteiger partial charge in [-0.2, -0.15) is 0 Å². The van der Waals surface area contributed by atoms with Gasteiger partial charge in [-0.05, 0) is 32.1 Å². The van der Waals surface area contributed by atoms with Gasteiger partial charge in [-0.25, -0.2) is 0 Å². The maximum Gasteiger partial charge on any atom is 0.237 e. The van der Waals surface area contributed by atoms with Gasteiger partial charge in [0.25, 0.3) is 0 Å². The molecule has 0 bridgehead atoms. The highest BCUT2D eigenvalue weighted by Gasteiger charge is 2.23. The van der Waals surface area contributed by atoms with Crippen molar-refractivity contribution in [2.75, 3.05) is 13.7 Å². The van der Waals surface area contributed by atoms with Crippen LogP contribution >= 0.6 is 0 Å². The summed E-state index contributed by atoms with van der Waals surface area (Å²) in [6.07, 6.45) is 6.97. The molecule has 2 atom stereocenters. The second kappa shape index (κ2) is 7.67. The lowest BCUT2D eigenvalue weighted by atomic mass is 9.84. The minimum Gasteiger partial charge on any atom is -0.385 e. The summed E-state index contributed by atoms with van der Waals surface area (Å²) in [6, 6.07) is -0.197. The van der Waals surface area contributed by atoms with Crippen LogP contribution in [0.4, 0.5) is 0 Å². The Morgan fingerprint density at radius 3 is 2.65 bits per heavy atom. The molecule has 1 aliphatic rings. The number of hydrogen-bond donors (Lipinski definition) is 2. The Hall–Kier alpha value is -0.610. The monoisotopic (exact) mass is 242 g/mol. The van der Waals surface area contributed by atoms with Gasteiger partial charge in [0.2, 0.25) is 5.91 Å². The van der Waals surface area contributed by atoms with Crippen LogP contribution in [-0.4, -0.2) is 31.7 Å². The zero-order chi connectivity index (χ0) is 12.7. The van der Waals surface area contributed by atoms with Crippen LogP contribution in [0.15, 0.2) is 0 Å². The van der Waals surface area contributed by atoms with Crippen LogP contribution in [0.5, 0.6) is 0 Å². The molecule has 0 radical (unpaired) electrons. The molecule has 17 heavy (non-hydrogen) atoms. The topological polar surface area (TPSA) is 64.3 Å². The van der Waals surface area contributed by atoms with Gasteiger partial charge in [0.1, 0.15) is 0 Å². The van der Waals surface area contributed by atoms with E-state index < -0.39 is 6.04 Å².